The number of aromatic nitrogens is 2. The highest BCUT2D eigenvalue weighted by Crippen LogP contribution is 2.36. The SMILES string of the molecule is COCC[C@H](CO)NC(=O)c1ccc2c(c1)c1nc(C)sc1n2-c1ccc(C(F)(F)F)cc1. The van der Waals surface area contributed by atoms with E-state index in [9.17, 15) is 23.1 Å². The normalized spacial score (nSPS) is 13.0. The van der Waals surface area contributed by atoms with E-state index < -0.39 is 17.8 Å². The zero-order valence-electron chi connectivity index (χ0n) is 17.9. The van der Waals surface area contributed by atoms with Gasteiger partial charge in [-0.2, -0.15) is 13.2 Å². The van der Waals surface area contributed by atoms with Gasteiger partial charge in [0, 0.05) is 30.4 Å². The van der Waals surface area contributed by atoms with Crippen LogP contribution in [-0.4, -0.2) is 46.9 Å². The summed E-state index contributed by atoms with van der Waals surface area (Å²) in [5, 5.41) is 13.8. The lowest BCUT2D eigenvalue weighted by molar-refractivity contribution is -0.137. The Kier molecular flexibility index (Phi) is 6.42. The lowest BCUT2D eigenvalue weighted by Gasteiger charge is -2.16. The van der Waals surface area contributed by atoms with E-state index in [0.717, 1.165) is 32.9 Å². The van der Waals surface area contributed by atoms with Crippen LogP contribution < -0.4 is 5.32 Å². The molecule has 4 aromatic rings. The molecule has 0 fully saturated rings. The van der Waals surface area contributed by atoms with Crippen molar-refractivity contribution in [3.63, 3.8) is 0 Å². The first-order valence-corrected chi connectivity index (χ1v) is 11.0. The molecule has 33 heavy (non-hydrogen) atoms. The first-order chi connectivity index (χ1) is 15.7. The van der Waals surface area contributed by atoms with Gasteiger partial charge in [0.2, 0.25) is 0 Å². The number of hydrogen-bond donors (Lipinski definition) is 2. The number of hydrogen-bond acceptors (Lipinski definition) is 5. The molecule has 0 aliphatic rings. The Morgan fingerprint density at radius 1 is 1.24 bits per heavy atom. The van der Waals surface area contributed by atoms with Crippen molar-refractivity contribution in [2.24, 2.45) is 0 Å². The second-order valence-corrected chi connectivity index (χ2v) is 8.81. The number of thiazole rings is 1. The number of nitrogens with zero attached hydrogens (tertiary/aromatic N) is 2. The third-order valence-corrected chi connectivity index (χ3v) is 6.31. The fourth-order valence-corrected chi connectivity index (χ4v) is 4.67. The molecule has 2 N–H and O–H groups in total. The topological polar surface area (TPSA) is 76.4 Å². The van der Waals surface area contributed by atoms with E-state index in [0.29, 0.717) is 29.8 Å². The molecule has 174 valence electrons. The van der Waals surface area contributed by atoms with Crippen LogP contribution in [0.5, 0.6) is 0 Å². The van der Waals surface area contributed by atoms with E-state index in [1.165, 1.54) is 23.5 Å². The summed E-state index contributed by atoms with van der Waals surface area (Å²) in [4.78, 5) is 18.2. The third-order valence-electron chi connectivity index (χ3n) is 5.35. The predicted molar refractivity (Wildman–Crippen MR) is 121 cm³/mol. The molecule has 2 aromatic heterocycles. The number of fused-ring (bicyclic) bond motifs is 3. The molecule has 0 radical (unpaired) electrons. The van der Waals surface area contributed by atoms with Crippen molar-refractivity contribution in [3.05, 3.63) is 58.6 Å². The van der Waals surface area contributed by atoms with Gasteiger partial charge in [-0.1, -0.05) is 0 Å². The Labute approximate surface area is 191 Å². The average molecular weight is 478 g/mol. The predicted octanol–water partition coefficient (Wildman–Crippen LogP) is 4.69. The Hall–Kier alpha value is -2.95. The molecule has 6 nitrogen and oxygen atoms in total. The van der Waals surface area contributed by atoms with E-state index in [4.69, 9.17) is 4.74 Å². The number of alkyl halides is 3. The molecule has 0 saturated heterocycles. The number of aliphatic hydroxyl groups is 1. The van der Waals surface area contributed by atoms with Crippen LogP contribution in [-0.2, 0) is 10.9 Å². The van der Waals surface area contributed by atoms with Gasteiger partial charge in [0.15, 0.2) is 0 Å². The van der Waals surface area contributed by atoms with Gasteiger partial charge in [-0.05, 0) is 55.8 Å². The van der Waals surface area contributed by atoms with Crippen LogP contribution in [0.15, 0.2) is 42.5 Å². The number of methoxy groups -OCH3 is 1. The molecule has 0 saturated carbocycles. The smallest absolute Gasteiger partial charge is 0.394 e. The molecule has 1 amide bonds. The van der Waals surface area contributed by atoms with Crippen molar-refractivity contribution in [1.82, 2.24) is 14.9 Å². The van der Waals surface area contributed by atoms with Gasteiger partial charge in [-0.3, -0.25) is 9.36 Å². The maximum Gasteiger partial charge on any atom is 0.416 e. The summed E-state index contributed by atoms with van der Waals surface area (Å²) in [5.41, 5.74) is 1.67. The molecule has 0 spiro atoms. The summed E-state index contributed by atoms with van der Waals surface area (Å²) < 4.78 is 45.9. The van der Waals surface area contributed by atoms with Crippen molar-refractivity contribution in [1.29, 1.82) is 0 Å². The quantitative estimate of drug-likeness (QED) is 0.405. The fourth-order valence-electron chi connectivity index (χ4n) is 3.71. The lowest BCUT2D eigenvalue weighted by Crippen LogP contribution is -2.38. The second kappa shape index (κ2) is 9.12. The van der Waals surface area contributed by atoms with Crippen LogP contribution in [0, 0.1) is 6.92 Å². The molecular weight excluding hydrogens is 455 g/mol. The van der Waals surface area contributed by atoms with Crippen LogP contribution in [0.2, 0.25) is 0 Å². The second-order valence-electron chi connectivity index (χ2n) is 7.63. The Balaban J connectivity index is 1.76. The van der Waals surface area contributed by atoms with E-state index in [1.807, 2.05) is 11.5 Å². The molecule has 2 heterocycles. The van der Waals surface area contributed by atoms with Gasteiger partial charge in [-0.25, -0.2) is 4.98 Å². The maximum atomic E-state index is 13.0. The van der Waals surface area contributed by atoms with Gasteiger partial charge < -0.3 is 15.2 Å². The molecule has 0 bridgehead atoms. The Bertz CT molecular complexity index is 1300. The van der Waals surface area contributed by atoms with Gasteiger partial charge in [-0.15, -0.1) is 11.3 Å². The Morgan fingerprint density at radius 2 is 1.97 bits per heavy atom. The van der Waals surface area contributed by atoms with Crippen LogP contribution in [0.1, 0.15) is 27.3 Å². The van der Waals surface area contributed by atoms with Crippen molar-refractivity contribution in [3.8, 4) is 5.69 Å². The van der Waals surface area contributed by atoms with Crippen LogP contribution in [0.4, 0.5) is 13.2 Å². The highest BCUT2D eigenvalue weighted by molar-refractivity contribution is 7.18. The van der Waals surface area contributed by atoms with Gasteiger partial charge >= 0.3 is 6.18 Å². The molecule has 0 aliphatic carbocycles. The third kappa shape index (κ3) is 4.59. The minimum Gasteiger partial charge on any atom is -0.394 e. The van der Waals surface area contributed by atoms with Gasteiger partial charge in [0.1, 0.15) is 10.3 Å². The summed E-state index contributed by atoms with van der Waals surface area (Å²) >= 11 is 1.43. The van der Waals surface area contributed by atoms with Crippen LogP contribution >= 0.6 is 11.3 Å². The van der Waals surface area contributed by atoms with E-state index in [2.05, 4.69) is 10.3 Å². The molecular formula is C23H22F3N3O3S. The number of halogens is 3. The summed E-state index contributed by atoms with van der Waals surface area (Å²) in [6, 6.07) is 9.66. The zero-order chi connectivity index (χ0) is 23.8. The van der Waals surface area contributed by atoms with Crippen molar-refractivity contribution in [2.75, 3.05) is 20.3 Å². The van der Waals surface area contributed by atoms with Crippen molar-refractivity contribution < 1.29 is 27.8 Å². The number of amides is 1. The van der Waals surface area contributed by atoms with E-state index in [1.54, 1.807) is 25.3 Å². The number of ether oxygens (including phenoxy) is 1. The number of nitrogens with one attached hydrogen (secondary N) is 1. The largest absolute Gasteiger partial charge is 0.416 e. The highest BCUT2D eigenvalue weighted by atomic mass is 32.1. The minimum atomic E-state index is -4.41. The highest BCUT2D eigenvalue weighted by Gasteiger charge is 2.30. The first-order valence-electron chi connectivity index (χ1n) is 10.2. The molecule has 4 rings (SSSR count). The number of carbonyl (C=O) groups excluding carboxylic acids is 1. The zero-order valence-corrected chi connectivity index (χ0v) is 18.8. The van der Waals surface area contributed by atoms with Gasteiger partial charge in [0.25, 0.3) is 5.91 Å². The van der Waals surface area contributed by atoms with Crippen LogP contribution in [0.3, 0.4) is 0 Å². The summed E-state index contributed by atoms with van der Waals surface area (Å²) in [6.45, 7) is 2.04. The number of aliphatic hydroxyl groups excluding tert-OH is 1. The summed E-state index contributed by atoms with van der Waals surface area (Å²) in [7, 11) is 1.55. The summed E-state index contributed by atoms with van der Waals surface area (Å²) in [6.07, 6.45) is -3.94. The standard InChI is InChI=1S/C23H22F3N3O3S/c1-13-27-20-18-11-14(21(31)28-16(12-30)9-10-32-2)3-8-19(18)29(22(20)33-13)17-6-4-15(5-7-17)23(24,25)26/h3-8,11,16,30H,9-10,12H2,1-2H3,(H,28,31)/t16-/m1/s1. The number of benzene rings is 2. The number of rotatable bonds is 7. The Morgan fingerprint density at radius 3 is 2.61 bits per heavy atom. The van der Waals surface area contributed by atoms with E-state index >= 15 is 0 Å². The van der Waals surface area contributed by atoms with Gasteiger partial charge in [0.05, 0.1) is 28.7 Å². The molecule has 0 aliphatic heterocycles. The molecule has 0 unspecified atom stereocenters. The molecule has 1 atom stereocenters. The molecule has 10 heteroatoms. The van der Waals surface area contributed by atoms with Crippen molar-refractivity contribution >= 4 is 38.5 Å². The number of carbonyl (C=O) groups is 1. The van der Waals surface area contributed by atoms with Crippen LogP contribution in [0.25, 0.3) is 26.9 Å². The molecule has 2 aromatic carbocycles. The van der Waals surface area contributed by atoms with E-state index in [-0.39, 0.29) is 12.5 Å². The lowest BCUT2D eigenvalue weighted by atomic mass is 10.1. The fraction of sp³-hybridized carbons (Fsp3) is 0.304. The average Bonchev–Trinajstić information content (AvgIpc) is 3.30. The first kappa shape index (κ1) is 23.2. The summed E-state index contributed by atoms with van der Waals surface area (Å²) in [5.74, 6) is -0.338. The minimum absolute atomic E-state index is 0.211. The number of aryl methyl sites for hydroxylation is 1. The monoisotopic (exact) mass is 477 g/mol. The maximum absolute atomic E-state index is 13.0. The van der Waals surface area contributed by atoms with Crippen molar-refractivity contribution in [2.45, 2.75) is 25.6 Å².